The van der Waals surface area contributed by atoms with Crippen LogP contribution in [-0.2, 0) is 20.7 Å². The highest BCUT2D eigenvalue weighted by Gasteiger charge is 2.22. The van der Waals surface area contributed by atoms with Gasteiger partial charge in [0.15, 0.2) is 6.61 Å². The van der Waals surface area contributed by atoms with Gasteiger partial charge in [-0.3, -0.25) is 4.79 Å². The number of benzene rings is 1. The van der Waals surface area contributed by atoms with Crippen LogP contribution >= 0.6 is 11.6 Å². The summed E-state index contributed by atoms with van der Waals surface area (Å²) in [5.74, 6) is -0.922. The Morgan fingerprint density at radius 2 is 2.27 bits per heavy atom. The molecular weight excluding hydrogens is 304 g/mol. The monoisotopic (exact) mass is 320 g/mol. The van der Waals surface area contributed by atoms with Crippen molar-refractivity contribution in [2.75, 3.05) is 6.61 Å². The van der Waals surface area contributed by atoms with Gasteiger partial charge in [-0.05, 0) is 24.1 Å². The van der Waals surface area contributed by atoms with Crippen molar-refractivity contribution in [2.24, 2.45) is 0 Å². The standard InChI is InChI=1S/C16H17ClN2O3/c1-2-3-7-15(20)19-14(16(21)22-9-8-18)11-12-5-4-6-13(17)10-12/h2,4-6,10,14H,1,3,7,9,11H2,(H,19,20). The lowest BCUT2D eigenvalue weighted by Crippen LogP contribution is -2.43. The zero-order chi connectivity index (χ0) is 16.4. The molecule has 1 aromatic rings. The highest BCUT2D eigenvalue weighted by Crippen LogP contribution is 2.13. The number of nitrogens with one attached hydrogen (secondary N) is 1. The Hall–Kier alpha value is -2.32. The number of esters is 1. The zero-order valence-electron chi connectivity index (χ0n) is 12.0. The van der Waals surface area contributed by atoms with Gasteiger partial charge in [-0.25, -0.2) is 4.79 Å². The second-order valence-electron chi connectivity index (χ2n) is 4.55. The molecular formula is C16H17ClN2O3. The minimum atomic E-state index is -0.857. The lowest BCUT2D eigenvalue weighted by Gasteiger charge is -2.17. The van der Waals surface area contributed by atoms with E-state index in [1.54, 1.807) is 36.4 Å². The van der Waals surface area contributed by atoms with Gasteiger partial charge in [-0.1, -0.05) is 29.8 Å². The molecule has 0 fully saturated rings. The number of rotatable bonds is 8. The van der Waals surface area contributed by atoms with Gasteiger partial charge in [0.05, 0.1) is 0 Å². The van der Waals surface area contributed by atoms with Crippen LogP contribution in [0.1, 0.15) is 18.4 Å². The van der Waals surface area contributed by atoms with E-state index in [0.717, 1.165) is 5.56 Å². The first kappa shape index (κ1) is 17.7. The minimum Gasteiger partial charge on any atom is -0.449 e. The third-order valence-electron chi connectivity index (χ3n) is 2.80. The van der Waals surface area contributed by atoms with E-state index in [2.05, 4.69) is 11.9 Å². The maximum atomic E-state index is 12.0. The molecule has 1 rings (SSSR count). The van der Waals surface area contributed by atoms with Gasteiger partial charge in [0, 0.05) is 17.9 Å². The van der Waals surface area contributed by atoms with E-state index >= 15 is 0 Å². The molecule has 0 heterocycles. The summed E-state index contributed by atoms with van der Waals surface area (Å²) in [7, 11) is 0. The normalized spacial score (nSPS) is 11.1. The Labute approximate surface area is 134 Å². The van der Waals surface area contributed by atoms with E-state index in [9.17, 15) is 9.59 Å². The van der Waals surface area contributed by atoms with Gasteiger partial charge in [0.2, 0.25) is 5.91 Å². The predicted molar refractivity (Wildman–Crippen MR) is 83.1 cm³/mol. The van der Waals surface area contributed by atoms with Crippen LogP contribution in [0.25, 0.3) is 0 Å². The molecule has 0 spiro atoms. The Bertz CT molecular complexity index is 581. The third kappa shape index (κ3) is 6.42. The summed E-state index contributed by atoms with van der Waals surface area (Å²) in [6.45, 7) is 3.19. The molecule has 1 aromatic carbocycles. The first-order valence-electron chi connectivity index (χ1n) is 6.75. The number of nitriles is 1. The quantitative estimate of drug-likeness (QED) is 0.589. The van der Waals surface area contributed by atoms with Gasteiger partial charge in [0.25, 0.3) is 0 Å². The minimum absolute atomic E-state index is 0.237. The van der Waals surface area contributed by atoms with Gasteiger partial charge >= 0.3 is 5.97 Å². The zero-order valence-corrected chi connectivity index (χ0v) is 12.8. The van der Waals surface area contributed by atoms with Crippen molar-refractivity contribution in [2.45, 2.75) is 25.3 Å². The van der Waals surface area contributed by atoms with Crippen molar-refractivity contribution in [3.8, 4) is 6.07 Å². The summed E-state index contributed by atoms with van der Waals surface area (Å²) in [5.41, 5.74) is 0.787. The number of halogens is 1. The van der Waals surface area contributed by atoms with Gasteiger partial charge in [-0.2, -0.15) is 5.26 Å². The molecule has 0 radical (unpaired) electrons. The SMILES string of the molecule is C=CCCC(=O)NC(Cc1cccc(Cl)c1)C(=O)OCC#N. The molecule has 0 aliphatic heterocycles. The van der Waals surface area contributed by atoms with Crippen LogP contribution in [0.2, 0.25) is 5.02 Å². The second-order valence-corrected chi connectivity index (χ2v) is 4.98. The first-order chi connectivity index (χ1) is 10.6. The number of amides is 1. The number of carbonyl (C=O) groups excluding carboxylic acids is 2. The van der Waals surface area contributed by atoms with Crippen LogP contribution in [0, 0.1) is 11.3 Å². The highest BCUT2D eigenvalue weighted by molar-refractivity contribution is 6.30. The van der Waals surface area contributed by atoms with E-state index in [1.807, 2.05) is 0 Å². The van der Waals surface area contributed by atoms with Crippen molar-refractivity contribution in [3.63, 3.8) is 0 Å². The number of hydrogen-bond donors (Lipinski definition) is 1. The molecule has 0 aromatic heterocycles. The van der Waals surface area contributed by atoms with E-state index in [-0.39, 0.29) is 25.4 Å². The van der Waals surface area contributed by atoms with Gasteiger partial charge < -0.3 is 10.1 Å². The summed E-state index contributed by atoms with van der Waals surface area (Å²) in [6, 6.07) is 7.85. The fraction of sp³-hybridized carbons (Fsp3) is 0.312. The van der Waals surface area contributed by atoms with Gasteiger partial charge in [-0.15, -0.1) is 6.58 Å². The van der Waals surface area contributed by atoms with Gasteiger partial charge in [0.1, 0.15) is 12.1 Å². The molecule has 0 saturated carbocycles. The summed E-state index contributed by atoms with van der Waals surface area (Å²) in [4.78, 5) is 23.7. The third-order valence-corrected chi connectivity index (χ3v) is 3.04. The number of carbonyl (C=O) groups is 2. The largest absolute Gasteiger partial charge is 0.449 e. The maximum Gasteiger partial charge on any atom is 0.330 e. The molecule has 1 N–H and O–H groups in total. The molecule has 22 heavy (non-hydrogen) atoms. The van der Waals surface area contributed by atoms with Crippen LogP contribution in [0.15, 0.2) is 36.9 Å². The van der Waals surface area contributed by atoms with E-state index in [0.29, 0.717) is 11.4 Å². The van der Waals surface area contributed by atoms with Crippen molar-refractivity contribution < 1.29 is 14.3 Å². The number of nitrogens with zero attached hydrogens (tertiary/aromatic N) is 1. The fourth-order valence-corrected chi connectivity index (χ4v) is 2.01. The van der Waals surface area contributed by atoms with Crippen LogP contribution < -0.4 is 5.32 Å². The molecule has 0 aliphatic rings. The summed E-state index contributed by atoms with van der Waals surface area (Å²) in [5, 5.41) is 11.6. The predicted octanol–water partition coefficient (Wildman–Crippen LogP) is 2.40. The highest BCUT2D eigenvalue weighted by atomic mass is 35.5. The summed E-state index contributed by atoms with van der Waals surface area (Å²) in [6.07, 6.45) is 2.62. The lowest BCUT2D eigenvalue weighted by atomic mass is 10.1. The molecule has 1 amide bonds. The Kier molecular flexibility index (Phi) is 7.73. The molecule has 116 valence electrons. The van der Waals surface area contributed by atoms with Crippen molar-refractivity contribution in [1.29, 1.82) is 5.26 Å². The first-order valence-corrected chi connectivity index (χ1v) is 7.13. The Balaban J connectivity index is 2.76. The van der Waals surface area contributed by atoms with Crippen LogP contribution in [0.4, 0.5) is 0 Å². The summed E-state index contributed by atoms with van der Waals surface area (Å²) >= 11 is 5.91. The Morgan fingerprint density at radius 3 is 2.91 bits per heavy atom. The topological polar surface area (TPSA) is 79.2 Å². The van der Waals surface area contributed by atoms with Crippen LogP contribution in [0.5, 0.6) is 0 Å². The average Bonchev–Trinajstić information content (AvgIpc) is 2.50. The van der Waals surface area contributed by atoms with E-state index < -0.39 is 12.0 Å². The van der Waals surface area contributed by atoms with Crippen molar-refractivity contribution in [1.82, 2.24) is 5.32 Å². The molecule has 0 bridgehead atoms. The molecule has 0 aliphatic carbocycles. The molecule has 1 unspecified atom stereocenters. The molecule has 5 nitrogen and oxygen atoms in total. The second kappa shape index (κ2) is 9.59. The number of allylic oxidation sites excluding steroid dienone is 1. The van der Waals surface area contributed by atoms with Crippen LogP contribution in [0.3, 0.4) is 0 Å². The number of ether oxygens (including phenoxy) is 1. The average molecular weight is 321 g/mol. The summed E-state index contributed by atoms with van der Waals surface area (Å²) < 4.78 is 4.79. The van der Waals surface area contributed by atoms with Crippen LogP contribution in [-0.4, -0.2) is 24.5 Å². The van der Waals surface area contributed by atoms with E-state index in [4.69, 9.17) is 21.6 Å². The lowest BCUT2D eigenvalue weighted by molar-refractivity contribution is -0.146. The van der Waals surface area contributed by atoms with Crippen molar-refractivity contribution in [3.05, 3.63) is 47.5 Å². The van der Waals surface area contributed by atoms with E-state index in [1.165, 1.54) is 0 Å². The molecule has 0 saturated heterocycles. The Morgan fingerprint density at radius 1 is 1.50 bits per heavy atom. The molecule has 1 atom stereocenters. The smallest absolute Gasteiger partial charge is 0.330 e. The number of hydrogen-bond acceptors (Lipinski definition) is 4. The fourth-order valence-electron chi connectivity index (χ4n) is 1.80. The molecule has 6 heteroatoms. The maximum absolute atomic E-state index is 12.0. The van der Waals surface area contributed by atoms with Crippen molar-refractivity contribution >= 4 is 23.5 Å².